The lowest BCUT2D eigenvalue weighted by molar-refractivity contribution is -0.121. The van der Waals surface area contributed by atoms with Crippen LogP contribution in [0.1, 0.15) is 62.7 Å². The summed E-state index contributed by atoms with van der Waals surface area (Å²) in [4.78, 5) is 38.7. The summed E-state index contributed by atoms with van der Waals surface area (Å²) in [5, 5.41) is 33.1. The Hall–Kier alpha value is -4.10. The minimum atomic E-state index is -0.625. The molecular formula is C32H41N7O5S. The number of phenols is 2. The van der Waals surface area contributed by atoms with E-state index in [1.54, 1.807) is 23.0 Å². The summed E-state index contributed by atoms with van der Waals surface area (Å²) in [7, 11) is 1.74. The molecule has 0 bridgehead atoms. The molecule has 3 saturated heterocycles. The molecule has 3 unspecified atom stereocenters. The Labute approximate surface area is 266 Å². The minimum absolute atomic E-state index is 0.0207. The van der Waals surface area contributed by atoms with E-state index in [2.05, 4.69) is 25.9 Å². The van der Waals surface area contributed by atoms with Gasteiger partial charge in [-0.2, -0.15) is 16.8 Å². The maximum Gasteiger partial charge on any atom is 0.338 e. The largest absolute Gasteiger partial charge is 0.508 e. The fourth-order valence-corrected chi connectivity index (χ4v) is 8.19. The molecule has 6 rings (SSSR count). The van der Waals surface area contributed by atoms with E-state index in [1.807, 2.05) is 56.1 Å². The van der Waals surface area contributed by atoms with Gasteiger partial charge in [-0.05, 0) is 54.7 Å². The van der Waals surface area contributed by atoms with Crippen molar-refractivity contribution in [3.05, 3.63) is 53.7 Å². The van der Waals surface area contributed by atoms with E-state index in [0.29, 0.717) is 41.6 Å². The van der Waals surface area contributed by atoms with Gasteiger partial charge in [-0.15, -0.1) is 0 Å². The van der Waals surface area contributed by atoms with Gasteiger partial charge in [0.25, 0.3) is 0 Å². The van der Waals surface area contributed by atoms with Crippen molar-refractivity contribution in [2.45, 2.75) is 75.5 Å². The number of phenolic OH excluding ortho intramolecular Hbond substituents is 2. The first-order valence-corrected chi connectivity index (χ1v) is 16.6. The van der Waals surface area contributed by atoms with E-state index < -0.39 is 6.17 Å². The molecule has 45 heavy (non-hydrogen) atoms. The standard InChI is InChI=1S/C32H41N7O5S/c1-18(2)21-15-22(26(41)16-25(21)40)30-37(3)36-32(44)39(30)20-8-9-24-19(14-20)10-12-38(24)13-11-33-28(42)7-5-4-6-27-29-23(17-45-27)34-31(43)35-29/h8-10,12,14-16,18,23,27,29-30,40-41H,4-7,11,13,17H2,1-3H3,(H,33,42)(H,36,44)(H2,34,35,43)/t23?,27-,29?,30?/m0/s1. The summed E-state index contributed by atoms with van der Waals surface area (Å²) in [6, 6.07) is 10.9. The van der Waals surface area contributed by atoms with Gasteiger partial charge in [0, 0.05) is 72.0 Å². The highest BCUT2D eigenvalue weighted by Gasteiger charge is 2.42. The third kappa shape index (κ3) is 6.23. The lowest BCUT2D eigenvalue weighted by atomic mass is 9.97. The molecule has 12 nitrogen and oxygen atoms in total. The molecule has 4 heterocycles. The van der Waals surface area contributed by atoms with Gasteiger partial charge in [0.1, 0.15) is 17.7 Å². The van der Waals surface area contributed by atoms with Crippen molar-refractivity contribution in [2.75, 3.05) is 24.2 Å². The number of aromatic hydroxyl groups is 2. The zero-order chi connectivity index (χ0) is 31.8. The number of benzene rings is 2. The van der Waals surface area contributed by atoms with Gasteiger partial charge in [-0.1, -0.05) is 20.3 Å². The topological polar surface area (TPSA) is 151 Å². The van der Waals surface area contributed by atoms with Gasteiger partial charge in [0.15, 0.2) is 0 Å². The highest BCUT2D eigenvalue weighted by Crippen LogP contribution is 2.41. The summed E-state index contributed by atoms with van der Waals surface area (Å²) in [6.07, 6.45) is 4.58. The summed E-state index contributed by atoms with van der Waals surface area (Å²) in [5.74, 6) is 0.938. The number of thioether (sulfide) groups is 1. The Morgan fingerprint density at radius 3 is 2.71 bits per heavy atom. The number of hydrogen-bond donors (Lipinski definition) is 6. The Morgan fingerprint density at radius 2 is 1.91 bits per heavy atom. The summed E-state index contributed by atoms with van der Waals surface area (Å²) in [6.45, 7) is 5.03. The normalized spacial score (nSPS) is 23.0. The quantitative estimate of drug-likeness (QED) is 0.137. The molecule has 0 radical (unpaired) electrons. The number of rotatable bonds is 11. The molecule has 240 valence electrons. The van der Waals surface area contributed by atoms with E-state index in [9.17, 15) is 24.6 Å². The minimum Gasteiger partial charge on any atom is -0.508 e. The molecule has 6 N–H and O–H groups in total. The summed E-state index contributed by atoms with van der Waals surface area (Å²) >= 11 is 1.89. The molecule has 13 heteroatoms. The summed E-state index contributed by atoms with van der Waals surface area (Å²) < 4.78 is 2.07. The van der Waals surface area contributed by atoms with Gasteiger partial charge < -0.3 is 30.7 Å². The third-order valence-corrected chi connectivity index (χ3v) is 10.5. The summed E-state index contributed by atoms with van der Waals surface area (Å²) in [5.41, 5.74) is 5.66. The fourth-order valence-electron chi connectivity index (χ4n) is 6.65. The highest BCUT2D eigenvalue weighted by atomic mass is 32.2. The number of urea groups is 2. The molecule has 3 aliphatic rings. The van der Waals surface area contributed by atoms with Crippen molar-refractivity contribution in [1.29, 1.82) is 0 Å². The number of hydrazine groups is 1. The van der Waals surface area contributed by atoms with Crippen molar-refractivity contribution in [2.24, 2.45) is 0 Å². The smallest absolute Gasteiger partial charge is 0.338 e. The van der Waals surface area contributed by atoms with Crippen LogP contribution >= 0.6 is 11.8 Å². The van der Waals surface area contributed by atoms with Crippen LogP contribution in [0, 0.1) is 0 Å². The Bertz CT molecular complexity index is 1610. The molecule has 5 amide bonds. The van der Waals surface area contributed by atoms with Crippen molar-refractivity contribution >= 4 is 46.3 Å². The monoisotopic (exact) mass is 635 g/mol. The molecule has 0 saturated carbocycles. The second-order valence-corrected chi connectivity index (χ2v) is 13.6. The van der Waals surface area contributed by atoms with Crippen molar-refractivity contribution in [3.63, 3.8) is 0 Å². The SMILES string of the molecule is CC(C)c1cc(C2N(C)NC(=O)N2c2ccc3c(ccn3CCNC(=O)CCCC[C@@H]3SCC4NC(=O)NC43)c2)c(O)cc1O. The molecular weight excluding hydrogens is 594 g/mol. The number of unbranched alkanes of at least 4 members (excludes halogenated alkanes) is 1. The fraction of sp³-hybridized carbons (Fsp3) is 0.469. The molecule has 0 aliphatic carbocycles. The van der Waals surface area contributed by atoms with Crippen LogP contribution in [0.25, 0.3) is 10.9 Å². The van der Waals surface area contributed by atoms with Gasteiger partial charge >= 0.3 is 12.1 Å². The van der Waals surface area contributed by atoms with E-state index in [4.69, 9.17) is 0 Å². The predicted molar refractivity (Wildman–Crippen MR) is 174 cm³/mol. The van der Waals surface area contributed by atoms with Gasteiger partial charge in [0.05, 0.1) is 12.1 Å². The van der Waals surface area contributed by atoms with E-state index in [1.165, 1.54) is 6.07 Å². The van der Waals surface area contributed by atoms with Crippen LogP contribution in [-0.2, 0) is 11.3 Å². The molecule has 2 aromatic carbocycles. The number of fused-ring (bicyclic) bond motifs is 2. The van der Waals surface area contributed by atoms with Crippen molar-refractivity contribution in [3.8, 4) is 11.5 Å². The van der Waals surface area contributed by atoms with Crippen molar-refractivity contribution in [1.82, 2.24) is 31.0 Å². The third-order valence-electron chi connectivity index (χ3n) is 8.97. The molecule has 0 spiro atoms. The van der Waals surface area contributed by atoms with Crippen LogP contribution in [0.4, 0.5) is 15.3 Å². The number of amides is 5. The zero-order valence-corrected chi connectivity index (χ0v) is 26.6. The highest BCUT2D eigenvalue weighted by molar-refractivity contribution is 8.00. The maximum absolute atomic E-state index is 13.1. The van der Waals surface area contributed by atoms with Crippen LogP contribution in [0.3, 0.4) is 0 Å². The second-order valence-electron chi connectivity index (χ2n) is 12.4. The first kappa shape index (κ1) is 30.9. The number of nitrogens with one attached hydrogen (secondary N) is 4. The van der Waals surface area contributed by atoms with E-state index in [-0.39, 0.29) is 47.5 Å². The number of carbonyl (C=O) groups is 3. The Kier molecular flexibility index (Phi) is 8.74. The second kappa shape index (κ2) is 12.7. The molecule has 3 fully saturated rings. The van der Waals surface area contributed by atoms with Crippen LogP contribution in [0.2, 0.25) is 0 Å². The molecule has 3 aliphatic heterocycles. The van der Waals surface area contributed by atoms with Gasteiger partial charge in [0.2, 0.25) is 5.91 Å². The van der Waals surface area contributed by atoms with E-state index >= 15 is 0 Å². The van der Waals surface area contributed by atoms with Crippen LogP contribution in [0.15, 0.2) is 42.6 Å². The number of nitrogens with zero attached hydrogens (tertiary/aromatic N) is 3. The average molecular weight is 636 g/mol. The van der Waals surface area contributed by atoms with Crippen LogP contribution < -0.4 is 26.3 Å². The van der Waals surface area contributed by atoms with E-state index in [0.717, 1.165) is 35.9 Å². The molecule has 3 aromatic rings. The average Bonchev–Trinajstić information content (AvgIpc) is 3.73. The number of aromatic nitrogens is 1. The maximum atomic E-state index is 13.1. The lowest BCUT2D eigenvalue weighted by Crippen LogP contribution is -2.36. The molecule has 1 aromatic heterocycles. The Morgan fingerprint density at radius 1 is 1.09 bits per heavy atom. The molecule has 4 atom stereocenters. The first-order valence-electron chi connectivity index (χ1n) is 15.5. The predicted octanol–water partition coefficient (Wildman–Crippen LogP) is 4.09. The zero-order valence-electron chi connectivity index (χ0n) is 25.7. The van der Waals surface area contributed by atoms with Gasteiger partial charge in [-0.25, -0.2) is 9.59 Å². The number of hydrogen-bond acceptors (Lipinski definition) is 7. The number of carbonyl (C=O) groups excluding carboxylic acids is 3. The Balaban J connectivity index is 1.04. The van der Waals surface area contributed by atoms with Gasteiger partial charge in [-0.3, -0.25) is 15.1 Å². The van der Waals surface area contributed by atoms with Crippen LogP contribution in [0.5, 0.6) is 11.5 Å². The van der Waals surface area contributed by atoms with Crippen LogP contribution in [-0.4, -0.2) is 74.4 Å². The first-order chi connectivity index (χ1) is 21.6. The van der Waals surface area contributed by atoms with Crippen molar-refractivity contribution < 1.29 is 24.6 Å². The lowest BCUT2D eigenvalue weighted by Gasteiger charge is -2.28. The number of anilines is 1.